The molecule has 0 spiro atoms. The number of nitrogen functional groups attached to an aromatic ring is 1. The van der Waals surface area contributed by atoms with Gasteiger partial charge in [-0.3, -0.25) is 0 Å². The maximum atomic E-state index is 9.42. The van der Waals surface area contributed by atoms with Crippen LogP contribution in [0.3, 0.4) is 0 Å². The number of nitrogens with two attached hydrogens (primary N) is 1. The van der Waals surface area contributed by atoms with Crippen molar-refractivity contribution in [1.29, 1.82) is 0 Å². The van der Waals surface area contributed by atoms with E-state index in [2.05, 4.69) is 13.8 Å². The van der Waals surface area contributed by atoms with E-state index in [0.29, 0.717) is 11.4 Å². The van der Waals surface area contributed by atoms with E-state index >= 15 is 0 Å². The van der Waals surface area contributed by atoms with E-state index in [1.165, 1.54) is 6.42 Å². The predicted molar refractivity (Wildman–Crippen MR) is 77.3 cm³/mol. The highest BCUT2D eigenvalue weighted by molar-refractivity contribution is 5.90. The molecule has 0 saturated heterocycles. The molecular formula is C15H23NO. The van der Waals surface area contributed by atoms with Crippen molar-refractivity contribution in [3.8, 4) is 5.75 Å². The summed E-state index contributed by atoms with van der Waals surface area (Å²) >= 11 is 0. The summed E-state index contributed by atoms with van der Waals surface area (Å²) in [6, 6.07) is 10.8. The second-order valence-electron chi connectivity index (χ2n) is 3.46. The fraction of sp³-hybridized carbons (Fsp3) is 0.333. The molecular weight excluding hydrogens is 210 g/mol. The summed E-state index contributed by atoms with van der Waals surface area (Å²) in [5.41, 5.74) is 6.31. The van der Waals surface area contributed by atoms with Crippen LogP contribution in [0.5, 0.6) is 5.75 Å². The zero-order valence-corrected chi connectivity index (χ0v) is 11.2. The molecule has 0 atom stereocenters. The molecule has 0 bridgehead atoms. The smallest absolute Gasteiger partial charge is 0.123 e. The van der Waals surface area contributed by atoms with Crippen LogP contribution < -0.4 is 5.73 Å². The van der Waals surface area contributed by atoms with Crippen LogP contribution in [-0.2, 0) is 0 Å². The molecule has 17 heavy (non-hydrogen) atoms. The predicted octanol–water partition coefficient (Wildman–Crippen LogP) is 4.57. The molecule has 0 heterocycles. The fourth-order valence-electron chi connectivity index (χ4n) is 1.29. The first-order valence-corrected chi connectivity index (χ1v) is 6.16. The highest BCUT2D eigenvalue weighted by Crippen LogP contribution is 2.25. The van der Waals surface area contributed by atoms with Gasteiger partial charge in [-0.25, -0.2) is 0 Å². The van der Waals surface area contributed by atoms with Gasteiger partial charge in [0.2, 0.25) is 0 Å². The third-order valence-electron chi connectivity index (χ3n) is 1.88. The molecule has 0 fully saturated rings. The summed E-state index contributed by atoms with van der Waals surface area (Å²) < 4.78 is 0. The third-order valence-corrected chi connectivity index (χ3v) is 1.88. The number of phenols is 1. The van der Waals surface area contributed by atoms with Gasteiger partial charge >= 0.3 is 0 Å². The Kier molecular flexibility index (Phi) is 7.61. The molecule has 2 heteroatoms. The van der Waals surface area contributed by atoms with E-state index in [-0.39, 0.29) is 0 Å². The fourth-order valence-corrected chi connectivity index (χ4v) is 1.29. The molecule has 0 aliphatic carbocycles. The molecule has 0 aliphatic rings. The minimum atomic E-state index is 0.299. The van der Waals surface area contributed by atoms with Gasteiger partial charge in [0, 0.05) is 11.1 Å². The largest absolute Gasteiger partial charge is 0.507 e. The van der Waals surface area contributed by atoms with Gasteiger partial charge in [-0.1, -0.05) is 46.2 Å². The van der Waals surface area contributed by atoms with E-state index < -0.39 is 0 Å². The number of anilines is 1. The Bertz CT molecular complexity index is 438. The van der Waals surface area contributed by atoms with Crippen LogP contribution in [0.1, 0.15) is 34.1 Å². The second kappa shape index (κ2) is 8.45. The van der Waals surface area contributed by atoms with Crippen molar-refractivity contribution in [2.75, 3.05) is 5.73 Å². The zero-order chi connectivity index (χ0) is 13.3. The van der Waals surface area contributed by atoms with Crippen molar-refractivity contribution in [2.45, 2.75) is 34.1 Å². The Hall–Kier alpha value is -1.70. The molecule has 0 saturated carbocycles. The molecule has 2 aromatic carbocycles. The normalized spacial score (nSPS) is 8.71. The Balaban J connectivity index is 0.000000450. The van der Waals surface area contributed by atoms with Crippen molar-refractivity contribution in [3.05, 3.63) is 36.4 Å². The first-order chi connectivity index (χ1) is 8.19. The lowest BCUT2D eigenvalue weighted by Gasteiger charge is -2.00. The third kappa shape index (κ3) is 4.77. The van der Waals surface area contributed by atoms with Gasteiger partial charge in [-0.15, -0.1) is 0 Å². The Morgan fingerprint density at radius 3 is 2.24 bits per heavy atom. The Morgan fingerprint density at radius 1 is 1.06 bits per heavy atom. The molecule has 94 valence electrons. The highest BCUT2D eigenvalue weighted by atomic mass is 16.3. The number of phenolic OH excluding ortho intramolecular Hbond substituents is 1. The average Bonchev–Trinajstić information content (AvgIpc) is 2.32. The van der Waals surface area contributed by atoms with Gasteiger partial charge in [0.25, 0.3) is 0 Å². The second-order valence-corrected chi connectivity index (χ2v) is 3.46. The topological polar surface area (TPSA) is 46.2 Å². The first-order valence-electron chi connectivity index (χ1n) is 6.16. The van der Waals surface area contributed by atoms with Gasteiger partial charge in [0.05, 0.1) is 0 Å². The number of aromatic hydroxyl groups is 1. The van der Waals surface area contributed by atoms with Crippen molar-refractivity contribution < 1.29 is 5.11 Å². The minimum absolute atomic E-state index is 0.299. The standard InChI is InChI=1S/C10H9NO.C3H8.C2H6/c11-8-4-5-9-7(6-8)2-1-3-10(9)12;1-3-2;1-2/h1-6,12H,11H2;3H2,1-2H3;1-2H3. The lowest BCUT2D eigenvalue weighted by atomic mass is 10.1. The molecule has 2 nitrogen and oxygen atoms in total. The van der Waals surface area contributed by atoms with Crippen LogP contribution in [0.2, 0.25) is 0 Å². The van der Waals surface area contributed by atoms with Gasteiger partial charge in [-0.05, 0) is 29.7 Å². The minimum Gasteiger partial charge on any atom is -0.507 e. The molecule has 0 aliphatic heterocycles. The molecule has 0 radical (unpaired) electrons. The Morgan fingerprint density at radius 2 is 1.65 bits per heavy atom. The lowest BCUT2D eigenvalue weighted by molar-refractivity contribution is 0.481. The van der Waals surface area contributed by atoms with Gasteiger partial charge in [0.15, 0.2) is 0 Å². The molecule has 0 aromatic heterocycles. The summed E-state index contributed by atoms with van der Waals surface area (Å²) in [6.07, 6.45) is 1.25. The molecule has 0 unspecified atom stereocenters. The van der Waals surface area contributed by atoms with Crippen LogP contribution in [-0.4, -0.2) is 5.11 Å². The SMILES string of the molecule is CC.CCC.Nc1ccc2c(O)cccc2c1. The van der Waals surface area contributed by atoms with Crippen LogP contribution in [0.4, 0.5) is 5.69 Å². The zero-order valence-electron chi connectivity index (χ0n) is 11.2. The van der Waals surface area contributed by atoms with Crippen LogP contribution in [0, 0.1) is 0 Å². The van der Waals surface area contributed by atoms with E-state index in [1.54, 1.807) is 18.2 Å². The van der Waals surface area contributed by atoms with E-state index in [9.17, 15) is 5.11 Å². The molecule has 2 aromatic rings. The van der Waals surface area contributed by atoms with Crippen LogP contribution in [0.15, 0.2) is 36.4 Å². The number of hydrogen-bond donors (Lipinski definition) is 2. The summed E-state index contributed by atoms with van der Waals surface area (Å²) in [4.78, 5) is 0. The number of fused-ring (bicyclic) bond motifs is 1. The summed E-state index contributed by atoms with van der Waals surface area (Å²) in [5, 5.41) is 11.2. The summed E-state index contributed by atoms with van der Waals surface area (Å²) in [6.45, 7) is 8.25. The van der Waals surface area contributed by atoms with E-state index in [4.69, 9.17) is 5.73 Å². The first kappa shape index (κ1) is 15.3. The van der Waals surface area contributed by atoms with Gasteiger partial charge < -0.3 is 10.8 Å². The maximum Gasteiger partial charge on any atom is 0.123 e. The Labute approximate surface area is 104 Å². The average molecular weight is 233 g/mol. The lowest BCUT2D eigenvalue weighted by Crippen LogP contribution is -1.83. The van der Waals surface area contributed by atoms with Crippen molar-refractivity contribution in [3.63, 3.8) is 0 Å². The molecule has 2 rings (SSSR count). The van der Waals surface area contributed by atoms with Gasteiger partial charge in [0.1, 0.15) is 5.75 Å². The van der Waals surface area contributed by atoms with Crippen LogP contribution in [0.25, 0.3) is 10.8 Å². The van der Waals surface area contributed by atoms with E-state index in [0.717, 1.165) is 10.8 Å². The quantitative estimate of drug-likeness (QED) is 0.655. The van der Waals surface area contributed by atoms with Crippen molar-refractivity contribution in [1.82, 2.24) is 0 Å². The monoisotopic (exact) mass is 233 g/mol. The summed E-state index contributed by atoms with van der Waals surface area (Å²) in [7, 11) is 0. The number of benzene rings is 2. The molecule has 0 amide bonds. The number of hydrogen-bond acceptors (Lipinski definition) is 2. The highest BCUT2D eigenvalue weighted by Gasteiger charge is 1.97. The molecule has 3 N–H and O–H groups in total. The van der Waals surface area contributed by atoms with Crippen molar-refractivity contribution in [2.24, 2.45) is 0 Å². The maximum absolute atomic E-state index is 9.42. The van der Waals surface area contributed by atoms with Crippen LogP contribution >= 0.6 is 0 Å². The summed E-state index contributed by atoms with van der Waals surface area (Å²) in [5.74, 6) is 0.299. The van der Waals surface area contributed by atoms with Crippen molar-refractivity contribution >= 4 is 16.5 Å². The number of rotatable bonds is 0. The van der Waals surface area contributed by atoms with E-state index in [1.807, 2.05) is 32.0 Å². The van der Waals surface area contributed by atoms with Gasteiger partial charge in [-0.2, -0.15) is 0 Å².